The first-order valence-corrected chi connectivity index (χ1v) is 19.0. The number of methoxy groups -OCH3 is 2. The molecule has 0 aliphatic carbocycles. The number of rotatable bonds is 14. The number of aliphatic imine (C=N–C) groups is 1. The number of aromatic nitrogens is 2. The van der Waals surface area contributed by atoms with E-state index in [-0.39, 0.29) is 36.6 Å². The molecular formula is C42H46N4O7S. The highest BCUT2D eigenvalue weighted by molar-refractivity contribution is 7.85. The summed E-state index contributed by atoms with van der Waals surface area (Å²) in [6, 6.07) is 7.53. The van der Waals surface area contributed by atoms with Crippen LogP contribution in [0.5, 0.6) is 0 Å². The Kier molecular flexibility index (Phi) is 12.5. The number of hydrogen-bond donors (Lipinski definition) is 3. The number of carbonyl (C=O) groups is 4. The lowest BCUT2D eigenvalue weighted by Gasteiger charge is -2.04. The number of carbonyl (C=O) groups excluding carboxylic acids is 4. The van der Waals surface area contributed by atoms with Crippen LogP contribution in [0.15, 0.2) is 74.8 Å². The molecule has 1 aromatic carbocycles. The van der Waals surface area contributed by atoms with Crippen LogP contribution in [0.25, 0.3) is 18.2 Å². The topological polar surface area (TPSA) is 160 Å². The summed E-state index contributed by atoms with van der Waals surface area (Å²) < 4.78 is 22.9. The number of amides is 2. The molecule has 0 spiro atoms. The molecule has 0 bridgehead atoms. The van der Waals surface area contributed by atoms with Gasteiger partial charge in [0, 0.05) is 62.3 Å². The number of H-pyrrole nitrogens is 2. The smallest absolute Gasteiger partial charge is 0.305 e. The van der Waals surface area contributed by atoms with Gasteiger partial charge in [0.15, 0.2) is 0 Å². The number of esters is 2. The largest absolute Gasteiger partial charge is 0.469 e. The van der Waals surface area contributed by atoms with Gasteiger partial charge in [-0.2, -0.15) is 0 Å². The zero-order chi connectivity index (χ0) is 39.3. The summed E-state index contributed by atoms with van der Waals surface area (Å²) in [5, 5.41) is 4.33. The molecule has 5 rings (SSSR count). The maximum Gasteiger partial charge on any atom is 0.305 e. The van der Waals surface area contributed by atoms with Crippen LogP contribution >= 0.6 is 0 Å². The predicted octanol–water partition coefficient (Wildman–Crippen LogP) is 4.56. The molecule has 3 N–H and O–H groups in total. The molecule has 0 saturated heterocycles. The Morgan fingerprint density at radius 1 is 0.796 bits per heavy atom. The van der Waals surface area contributed by atoms with Gasteiger partial charge in [0.05, 0.1) is 36.4 Å². The molecule has 54 heavy (non-hydrogen) atoms. The van der Waals surface area contributed by atoms with Crippen molar-refractivity contribution >= 4 is 58.5 Å². The van der Waals surface area contributed by atoms with Crippen molar-refractivity contribution in [1.82, 2.24) is 15.3 Å². The minimum Gasteiger partial charge on any atom is -0.469 e. The average Bonchev–Trinajstić information content (AvgIpc) is 3.80. The number of aromatic amines is 2. The number of allylic oxidation sites excluding steroid dienone is 2. The summed E-state index contributed by atoms with van der Waals surface area (Å²) >= 11 is 0. The van der Waals surface area contributed by atoms with Crippen molar-refractivity contribution in [1.29, 1.82) is 0 Å². The van der Waals surface area contributed by atoms with Crippen molar-refractivity contribution in [3.63, 3.8) is 0 Å². The molecule has 1 unspecified atom stereocenters. The Morgan fingerprint density at radius 2 is 1.44 bits per heavy atom. The Morgan fingerprint density at radius 3 is 2.07 bits per heavy atom. The number of hydrogen-bond acceptors (Lipinski definition) is 7. The number of aryl methyl sites for hydroxylation is 1. The van der Waals surface area contributed by atoms with Crippen LogP contribution in [0.4, 0.5) is 0 Å². The van der Waals surface area contributed by atoms with Crippen LogP contribution in [-0.4, -0.2) is 63.6 Å². The Labute approximate surface area is 317 Å². The maximum absolute atomic E-state index is 13.1. The molecule has 11 nitrogen and oxygen atoms in total. The van der Waals surface area contributed by atoms with E-state index < -0.39 is 10.8 Å². The van der Waals surface area contributed by atoms with Crippen molar-refractivity contribution in [2.24, 2.45) is 4.99 Å². The second kappa shape index (κ2) is 17.0. The van der Waals surface area contributed by atoms with E-state index in [1.54, 1.807) is 13.0 Å². The minimum atomic E-state index is -1.26. The van der Waals surface area contributed by atoms with Crippen LogP contribution in [0.2, 0.25) is 0 Å². The first-order valence-electron chi connectivity index (χ1n) is 17.7. The standard InChI is InChI=1S/C42H46N4O7S/c1-9-29-27(6)41(49)46-36(29)21-34-25(4)31(15-17-40(48)53-8)38(44-34)22-37-30(14-16-39(47)52-7)24(3)33(43-37)20-35-26(5)32(42(50)45-35)18-19-54(51)28-12-10-23(2)11-13-28/h9-13,20-22,43-44H,1,14-19H2,2-8H3,(H,46,49)/b33-20?,36-21-,37-22?. The Hall–Kier alpha value is -5.62. The van der Waals surface area contributed by atoms with Gasteiger partial charge in [0.1, 0.15) is 0 Å². The van der Waals surface area contributed by atoms with Crippen LogP contribution in [0.1, 0.15) is 72.3 Å². The quantitative estimate of drug-likeness (QED) is 0.204. The number of ether oxygens (including phenoxy) is 2. The van der Waals surface area contributed by atoms with Gasteiger partial charge in [0.25, 0.3) is 11.8 Å². The van der Waals surface area contributed by atoms with Crippen molar-refractivity contribution in [2.75, 3.05) is 20.0 Å². The highest BCUT2D eigenvalue weighted by Crippen LogP contribution is 2.28. The molecule has 1 atom stereocenters. The van der Waals surface area contributed by atoms with Gasteiger partial charge in [-0.25, -0.2) is 4.99 Å². The number of benzene rings is 1. The molecule has 12 heteroatoms. The molecule has 0 saturated carbocycles. The summed E-state index contributed by atoms with van der Waals surface area (Å²) in [4.78, 5) is 62.1. The molecular weight excluding hydrogens is 705 g/mol. The molecule has 4 heterocycles. The van der Waals surface area contributed by atoms with Gasteiger partial charge >= 0.3 is 11.9 Å². The molecule has 3 aromatic rings. The maximum atomic E-state index is 13.1. The van der Waals surface area contributed by atoms with Gasteiger partial charge in [-0.3, -0.25) is 23.4 Å². The lowest BCUT2D eigenvalue weighted by Crippen LogP contribution is -2.15. The average molecular weight is 751 g/mol. The van der Waals surface area contributed by atoms with Gasteiger partial charge < -0.3 is 24.8 Å². The second-order valence-corrected chi connectivity index (χ2v) is 14.9. The normalized spacial score (nSPS) is 16.4. The fourth-order valence-electron chi connectivity index (χ4n) is 6.62. The third-order valence-electron chi connectivity index (χ3n) is 10.00. The fraction of sp³-hybridized carbons (Fsp3) is 0.310. The van der Waals surface area contributed by atoms with Gasteiger partial charge in [0.2, 0.25) is 0 Å². The highest BCUT2D eigenvalue weighted by Gasteiger charge is 2.25. The van der Waals surface area contributed by atoms with Crippen molar-refractivity contribution < 1.29 is 32.9 Å². The van der Waals surface area contributed by atoms with Gasteiger partial charge in [-0.05, 0) is 112 Å². The SMILES string of the molecule is C=CC1=C(C)C(=O)N/C1=C\c1[nH]c(C=c2[nH]c(=CC3=NC(=O)C(CCS(=O)c4ccc(C)cc4)=C3C)c(C)c2CCC(=O)OC)c(CCC(=O)OC)c1C. The first-order chi connectivity index (χ1) is 25.8. The van der Waals surface area contributed by atoms with E-state index >= 15 is 0 Å². The third kappa shape index (κ3) is 8.60. The monoisotopic (exact) mass is 750 g/mol. The molecule has 282 valence electrons. The summed E-state index contributed by atoms with van der Waals surface area (Å²) in [6.07, 6.45) is 8.64. The van der Waals surface area contributed by atoms with E-state index in [2.05, 4.69) is 26.9 Å². The lowest BCUT2D eigenvalue weighted by atomic mass is 10.0. The van der Waals surface area contributed by atoms with Crippen LogP contribution in [0, 0.1) is 20.8 Å². The molecule has 2 aliphatic heterocycles. The zero-order valence-corrected chi connectivity index (χ0v) is 32.6. The molecule has 2 aliphatic rings. The van der Waals surface area contributed by atoms with Gasteiger partial charge in [-0.15, -0.1) is 0 Å². The molecule has 2 aromatic heterocycles. The minimum absolute atomic E-state index is 0.141. The van der Waals surface area contributed by atoms with Crippen molar-refractivity contribution in [3.8, 4) is 0 Å². The van der Waals surface area contributed by atoms with E-state index in [9.17, 15) is 23.4 Å². The van der Waals surface area contributed by atoms with Crippen LogP contribution in [-0.2, 0) is 52.3 Å². The Balaban J connectivity index is 1.57. The molecule has 2 amide bonds. The second-order valence-electron chi connectivity index (χ2n) is 13.3. The number of nitrogens with one attached hydrogen (secondary N) is 3. The van der Waals surface area contributed by atoms with E-state index in [4.69, 9.17) is 9.47 Å². The van der Waals surface area contributed by atoms with E-state index in [0.29, 0.717) is 58.5 Å². The van der Waals surface area contributed by atoms with E-state index in [1.165, 1.54) is 14.2 Å². The highest BCUT2D eigenvalue weighted by atomic mass is 32.2. The van der Waals surface area contributed by atoms with E-state index in [1.807, 2.05) is 70.2 Å². The van der Waals surface area contributed by atoms with E-state index in [0.717, 1.165) is 55.0 Å². The summed E-state index contributed by atoms with van der Waals surface area (Å²) in [5.41, 5.74) is 9.73. The van der Waals surface area contributed by atoms with Crippen molar-refractivity contribution in [3.05, 3.63) is 115 Å². The Bertz CT molecular complexity index is 2330. The molecule has 0 radical (unpaired) electrons. The third-order valence-corrected chi connectivity index (χ3v) is 11.4. The number of nitrogens with zero attached hydrogens (tertiary/aromatic N) is 1. The van der Waals surface area contributed by atoms with Crippen LogP contribution in [0.3, 0.4) is 0 Å². The first kappa shape index (κ1) is 39.6. The van der Waals surface area contributed by atoms with Crippen LogP contribution < -0.4 is 16.0 Å². The molecule has 0 fully saturated rings. The predicted molar refractivity (Wildman–Crippen MR) is 210 cm³/mol. The summed E-state index contributed by atoms with van der Waals surface area (Å²) in [7, 11) is 1.44. The fourth-order valence-corrected chi connectivity index (χ4v) is 7.68. The summed E-state index contributed by atoms with van der Waals surface area (Å²) in [6.45, 7) is 13.3. The zero-order valence-electron chi connectivity index (χ0n) is 31.8. The van der Waals surface area contributed by atoms with Crippen molar-refractivity contribution in [2.45, 2.75) is 71.6 Å². The lowest BCUT2D eigenvalue weighted by molar-refractivity contribution is -0.141. The summed E-state index contributed by atoms with van der Waals surface area (Å²) in [5.74, 6) is -0.941. The van der Waals surface area contributed by atoms with Gasteiger partial charge in [-0.1, -0.05) is 30.4 Å².